The number of carboxylic acid groups (broad SMARTS) is 1. The molecule has 3 rings (SSSR count). The quantitative estimate of drug-likeness (QED) is 0.840. The molecule has 1 aliphatic heterocycles. The van der Waals surface area contributed by atoms with Gasteiger partial charge in [0, 0.05) is 18.7 Å². The summed E-state index contributed by atoms with van der Waals surface area (Å²) >= 11 is 0. The topological polar surface area (TPSA) is 91.8 Å². The number of nitrogens with zero attached hydrogens (tertiary/aromatic N) is 2. The second-order valence-electron chi connectivity index (χ2n) is 6.75. The van der Waals surface area contributed by atoms with E-state index >= 15 is 0 Å². The summed E-state index contributed by atoms with van der Waals surface area (Å²) in [7, 11) is 1.55. The first-order valence-corrected chi connectivity index (χ1v) is 8.91. The van der Waals surface area contributed by atoms with E-state index in [1.54, 1.807) is 31.4 Å². The Balaban J connectivity index is 1.79. The normalized spacial score (nSPS) is 14.7. The van der Waals surface area contributed by atoms with Gasteiger partial charge in [0.2, 0.25) is 0 Å². The molecule has 0 unspecified atom stereocenters. The maximum Gasteiger partial charge on any atom is 0.339 e. The minimum atomic E-state index is -1.06. The van der Waals surface area contributed by atoms with Gasteiger partial charge in [-0.25, -0.2) is 9.78 Å². The van der Waals surface area contributed by atoms with Gasteiger partial charge in [-0.1, -0.05) is 6.92 Å². The lowest BCUT2D eigenvalue weighted by Crippen LogP contribution is -2.34. The minimum absolute atomic E-state index is 0.0945. The summed E-state index contributed by atoms with van der Waals surface area (Å²) in [5.41, 5.74) is 0.890. The molecule has 7 nitrogen and oxygen atoms in total. The van der Waals surface area contributed by atoms with Gasteiger partial charge in [0.25, 0.3) is 5.91 Å². The Labute approximate surface area is 158 Å². The van der Waals surface area contributed by atoms with Crippen molar-refractivity contribution in [3.8, 4) is 5.75 Å². The van der Waals surface area contributed by atoms with Crippen molar-refractivity contribution in [1.82, 2.24) is 4.98 Å². The molecule has 1 aromatic heterocycles. The number of carbonyl (C=O) groups is 2. The number of amides is 1. The van der Waals surface area contributed by atoms with Crippen molar-refractivity contribution in [2.24, 2.45) is 5.92 Å². The molecular formula is C20H23N3O4. The number of hydrogen-bond donors (Lipinski definition) is 2. The number of piperidine rings is 1. The highest BCUT2D eigenvalue weighted by atomic mass is 16.5. The minimum Gasteiger partial charge on any atom is -0.497 e. The van der Waals surface area contributed by atoms with Crippen LogP contribution in [-0.4, -0.2) is 42.2 Å². The van der Waals surface area contributed by atoms with Crippen LogP contribution >= 0.6 is 0 Å². The summed E-state index contributed by atoms with van der Waals surface area (Å²) < 4.78 is 5.08. The van der Waals surface area contributed by atoms with Gasteiger partial charge >= 0.3 is 5.97 Å². The molecule has 0 atom stereocenters. The number of rotatable bonds is 5. The van der Waals surface area contributed by atoms with E-state index in [1.165, 1.54) is 12.3 Å². The van der Waals surface area contributed by atoms with Crippen LogP contribution in [0.15, 0.2) is 36.5 Å². The largest absolute Gasteiger partial charge is 0.497 e. The number of carboxylic acids is 1. The zero-order chi connectivity index (χ0) is 19.4. The van der Waals surface area contributed by atoms with E-state index in [-0.39, 0.29) is 11.5 Å². The fraction of sp³-hybridized carbons (Fsp3) is 0.350. The standard InChI is InChI=1S/C20H23N3O4/c1-13-7-9-23(10-8-13)18-17(20(25)26)11-15(12-21-18)22-19(24)14-3-5-16(27-2)6-4-14/h3-6,11-13H,7-10H2,1-2H3,(H,22,24)(H,25,26). The molecule has 0 saturated carbocycles. The van der Waals surface area contributed by atoms with Crippen LogP contribution in [-0.2, 0) is 0 Å². The number of anilines is 2. The Hall–Kier alpha value is -3.09. The number of carbonyl (C=O) groups excluding carboxylic acids is 1. The van der Waals surface area contributed by atoms with E-state index in [2.05, 4.69) is 17.2 Å². The van der Waals surface area contributed by atoms with Gasteiger partial charge in [0.05, 0.1) is 19.0 Å². The molecule has 2 aromatic rings. The third-order valence-electron chi connectivity index (χ3n) is 4.79. The molecule has 0 bridgehead atoms. The highest BCUT2D eigenvalue weighted by Gasteiger charge is 2.23. The monoisotopic (exact) mass is 369 g/mol. The SMILES string of the molecule is COc1ccc(C(=O)Nc2cnc(N3CCC(C)CC3)c(C(=O)O)c2)cc1. The molecule has 7 heteroatoms. The van der Waals surface area contributed by atoms with Crippen molar-refractivity contribution in [2.45, 2.75) is 19.8 Å². The predicted octanol–water partition coefficient (Wildman–Crippen LogP) is 3.28. The lowest BCUT2D eigenvalue weighted by Gasteiger charge is -2.32. The van der Waals surface area contributed by atoms with Crippen molar-refractivity contribution in [1.29, 1.82) is 0 Å². The number of aromatic carboxylic acids is 1. The van der Waals surface area contributed by atoms with Gasteiger partial charge in [0.15, 0.2) is 0 Å². The first-order chi connectivity index (χ1) is 13.0. The van der Waals surface area contributed by atoms with Gasteiger partial charge in [-0.2, -0.15) is 0 Å². The molecule has 2 N–H and O–H groups in total. The summed E-state index contributed by atoms with van der Waals surface area (Å²) in [4.78, 5) is 30.4. The molecule has 1 aromatic carbocycles. The van der Waals surface area contributed by atoms with Gasteiger partial charge < -0.3 is 20.1 Å². The maximum absolute atomic E-state index is 12.4. The molecular weight excluding hydrogens is 346 g/mol. The highest BCUT2D eigenvalue weighted by Crippen LogP contribution is 2.26. The Morgan fingerprint density at radius 1 is 1.22 bits per heavy atom. The molecule has 142 valence electrons. The van der Waals surface area contributed by atoms with E-state index in [0.717, 1.165) is 25.9 Å². The Morgan fingerprint density at radius 2 is 1.89 bits per heavy atom. The number of benzene rings is 1. The summed E-state index contributed by atoms with van der Waals surface area (Å²) in [6.07, 6.45) is 3.52. The van der Waals surface area contributed by atoms with Crippen molar-refractivity contribution >= 4 is 23.4 Å². The van der Waals surface area contributed by atoms with Crippen LogP contribution in [0.4, 0.5) is 11.5 Å². The fourth-order valence-corrected chi connectivity index (χ4v) is 3.10. The second-order valence-corrected chi connectivity index (χ2v) is 6.75. The van der Waals surface area contributed by atoms with Crippen molar-refractivity contribution in [2.75, 3.05) is 30.4 Å². The first kappa shape index (κ1) is 18.7. The van der Waals surface area contributed by atoms with E-state index in [1.807, 2.05) is 4.90 Å². The number of ether oxygens (including phenoxy) is 1. The third kappa shape index (κ3) is 4.36. The number of pyridine rings is 1. The van der Waals surface area contributed by atoms with Crippen LogP contribution in [0.5, 0.6) is 5.75 Å². The number of aromatic nitrogens is 1. The molecule has 1 fully saturated rings. The number of methoxy groups -OCH3 is 1. The van der Waals surface area contributed by atoms with E-state index < -0.39 is 5.97 Å². The van der Waals surface area contributed by atoms with Crippen molar-refractivity contribution < 1.29 is 19.4 Å². The van der Waals surface area contributed by atoms with Crippen LogP contribution in [0.25, 0.3) is 0 Å². The molecule has 27 heavy (non-hydrogen) atoms. The Bertz CT molecular complexity index is 828. The van der Waals surface area contributed by atoms with Crippen molar-refractivity contribution in [3.05, 3.63) is 47.7 Å². The Morgan fingerprint density at radius 3 is 2.48 bits per heavy atom. The first-order valence-electron chi connectivity index (χ1n) is 8.91. The number of hydrogen-bond acceptors (Lipinski definition) is 5. The lowest BCUT2D eigenvalue weighted by atomic mass is 9.99. The average Bonchev–Trinajstić information content (AvgIpc) is 2.68. The van der Waals surface area contributed by atoms with Crippen LogP contribution in [0, 0.1) is 5.92 Å². The highest BCUT2D eigenvalue weighted by molar-refractivity contribution is 6.05. The van der Waals surface area contributed by atoms with E-state index in [0.29, 0.717) is 28.7 Å². The second kappa shape index (κ2) is 8.07. The average molecular weight is 369 g/mol. The molecule has 0 radical (unpaired) electrons. The lowest BCUT2D eigenvalue weighted by molar-refractivity contribution is 0.0696. The maximum atomic E-state index is 12.4. The van der Waals surface area contributed by atoms with Gasteiger partial charge in [-0.05, 0) is 49.1 Å². The smallest absolute Gasteiger partial charge is 0.339 e. The molecule has 1 saturated heterocycles. The summed E-state index contributed by atoms with van der Waals surface area (Å²) in [5.74, 6) is 0.350. The fourth-order valence-electron chi connectivity index (χ4n) is 3.10. The molecule has 1 aliphatic rings. The van der Waals surface area contributed by atoms with Crippen LogP contribution < -0.4 is 15.0 Å². The molecule has 1 amide bonds. The third-order valence-corrected chi connectivity index (χ3v) is 4.79. The zero-order valence-electron chi connectivity index (χ0n) is 15.4. The van der Waals surface area contributed by atoms with Crippen LogP contribution in [0.2, 0.25) is 0 Å². The van der Waals surface area contributed by atoms with E-state index in [4.69, 9.17) is 4.74 Å². The molecule has 2 heterocycles. The van der Waals surface area contributed by atoms with Crippen LogP contribution in [0.3, 0.4) is 0 Å². The molecule has 0 spiro atoms. The van der Waals surface area contributed by atoms with Crippen LogP contribution in [0.1, 0.15) is 40.5 Å². The van der Waals surface area contributed by atoms with Gasteiger partial charge in [0.1, 0.15) is 17.1 Å². The van der Waals surface area contributed by atoms with Gasteiger partial charge in [-0.15, -0.1) is 0 Å². The molecule has 0 aliphatic carbocycles. The Kier molecular flexibility index (Phi) is 5.59. The van der Waals surface area contributed by atoms with E-state index in [9.17, 15) is 14.7 Å². The summed E-state index contributed by atoms with van der Waals surface area (Å²) in [6.45, 7) is 3.76. The summed E-state index contributed by atoms with van der Waals surface area (Å²) in [5, 5.41) is 12.3. The zero-order valence-corrected chi connectivity index (χ0v) is 15.4. The van der Waals surface area contributed by atoms with Crippen molar-refractivity contribution in [3.63, 3.8) is 0 Å². The summed E-state index contributed by atoms with van der Waals surface area (Å²) in [6, 6.07) is 8.13. The van der Waals surface area contributed by atoms with Gasteiger partial charge in [-0.3, -0.25) is 4.79 Å². The predicted molar refractivity (Wildman–Crippen MR) is 103 cm³/mol. The number of nitrogens with one attached hydrogen (secondary N) is 1.